The summed E-state index contributed by atoms with van der Waals surface area (Å²) in [5, 5.41) is 11.6. The van der Waals surface area contributed by atoms with Gasteiger partial charge in [0.1, 0.15) is 11.8 Å². The van der Waals surface area contributed by atoms with Gasteiger partial charge in [-0.15, -0.1) is 0 Å². The fraction of sp³-hybridized carbons (Fsp3) is 0.190. The second kappa shape index (κ2) is 9.78. The van der Waals surface area contributed by atoms with E-state index in [1.165, 1.54) is 13.0 Å². The fourth-order valence-electron chi connectivity index (χ4n) is 2.20. The van der Waals surface area contributed by atoms with Crippen molar-refractivity contribution in [1.82, 2.24) is 0 Å². The molecule has 6 heteroatoms. The molecular weight excluding hydrogens is 344 g/mol. The van der Waals surface area contributed by atoms with Crippen molar-refractivity contribution in [2.24, 2.45) is 0 Å². The third-order valence-corrected chi connectivity index (χ3v) is 3.57. The summed E-state index contributed by atoms with van der Waals surface area (Å²) in [5.41, 5.74) is 1.51. The molecule has 0 radical (unpaired) electrons. The summed E-state index contributed by atoms with van der Waals surface area (Å²) in [6, 6.07) is 15.8. The van der Waals surface area contributed by atoms with Crippen molar-refractivity contribution >= 4 is 23.6 Å². The molecule has 0 spiro atoms. The van der Waals surface area contributed by atoms with Gasteiger partial charge in [-0.3, -0.25) is 4.79 Å². The molecule has 0 aliphatic carbocycles. The number of amides is 1. The van der Waals surface area contributed by atoms with E-state index >= 15 is 0 Å². The number of nitrogens with zero attached hydrogens (tertiary/aromatic N) is 1. The molecule has 0 bridgehead atoms. The molecule has 0 aliphatic heterocycles. The average Bonchev–Trinajstić information content (AvgIpc) is 2.68. The second-order valence-corrected chi connectivity index (χ2v) is 5.56. The van der Waals surface area contributed by atoms with Crippen LogP contribution < -0.4 is 10.1 Å². The lowest BCUT2D eigenvalue weighted by Gasteiger charge is -2.13. The number of carbonyl (C=O) groups is 2. The number of nitriles is 1. The van der Waals surface area contributed by atoms with Gasteiger partial charge in [0, 0.05) is 6.08 Å². The minimum atomic E-state index is -1.01. The standard InChI is InChI=1S/C21H20N2O4/c1-3-26-18-11-8-16(9-12-18)10-13-20(24)27-15(2)21(25)23-19-7-5-4-6-17(19)14-22/h4-13,15H,3H2,1-2H3,(H,23,25)/b13-10+/t15-/m1/s1. The lowest BCUT2D eigenvalue weighted by molar-refractivity contribution is -0.148. The zero-order valence-corrected chi connectivity index (χ0v) is 15.1. The topological polar surface area (TPSA) is 88.4 Å². The van der Waals surface area contributed by atoms with Crippen LogP contribution in [0.4, 0.5) is 5.69 Å². The highest BCUT2D eigenvalue weighted by Crippen LogP contribution is 2.15. The van der Waals surface area contributed by atoms with E-state index in [1.807, 2.05) is 25.1 Å². The van der Waals surface area contributed by atoms with Gasteiger partial charge in [-0.1, -0.05) is 24.3 Å². The van der Waals surface area contributed by atoms with Crippen molar-refractivity contribution in [2.75, 3.05) is 11.9 Å². The number of nitrogens with one attached hydrogen (secondary N) is 1. The fourth-order valence-corrected chi connectivity index (χ4v) is 2.20. The number of ether oxygens (including phenoxy) is 2. The zero-order valence-electron chi connectivity index (χ0n) is 15.1. The van der Waals surface area contributed by atoms with E-state index in [9.17, 15) is 9.59 Å². The van der Waals surface area contributed by atoms with Gasteiger partial charge >= 0.3 is 5.97 Å². The molecule has 0 aromatic heterocycles. The Kier molecular flexibility index (Phi) is 7.15. The Hall–Kier alpha value is -3.59. The maximum absolute atomic E-state index is 12.2. The van der Waals surface area contributed by atoms with Crippen LogP contribution in [0.2, 0.25) is 0 Å². The average molecular weight is 364 g/mol. The third-order valence-electron chi connectivity index (χ3n) is 3.57. The van der Waals surface area contributed by atoms with Crippen LogP contribution in [0.3, 0.4) is 0 Å². The van der Waals surface area contributed by atoms with E-state index in [0.29, 0.717) is 17.9 Å². The Morgan fingerprint density at radius 1 is 1.19 bits per heavy atom. The summed E-state index contributed by atoms with van der Waals surface area (Å²) >= 11 is 0. The number of para-hydroxylation sites is 1. The molecule has 6 nitrogen and oxygen atoms in total. The molecule has 27 heavy (non-hydrogen) atoms. The van der Waals surface area contributed by atoms with Gasteiger partial charge in [0.05, 0.1) is 17.9 Å². The number of rotatable bonds is 7. The van der Waals surface area contributed by atoms with Crippen LogP contribution in [0.15, 0.2) is 54.6 Å². The first-order valence-corrected chi connectivity index (χ1v) is 8.45. The highest BCUT2D eigenvalue weighted by molar-refractivity contribution is 5.97. The largest absolute Gasteiger partial charge is 0.494 e. The zero-order chi connectivity index (χ0) is 19.6. The maximum atomic E-state index is 12.2. The van der Waals surface area contributed by atoms with Gasteiger partial charge in [-0.05, 0) is 49.8 Å². The lowest BCUT2D eigenvalue weighted by Crippen LogP contribution is -2.29. The molecule has 0 aliphatic rings. The molecule has 1 atom stereocenters. The summed E-state index contributed by atoms with van der Waals surface area (Å²) < 4.78 is 10.4. The smallest absolute Gasteiger partial charge is 0.331 e. The molecule has 138 valence electrons. The number of hydrogen-bond acceptors (Lipinski definition) is 5. The van der Waals surface area contributed by atoms with Gasteiger partial charge in [0.15, 0.2) is 6.10 Å². The van der Waals surface area contributed by atoms with Crippen LogP contribution in [0.25, 0.3) is 6.08 Å². The molecule has 0 saturated heterocycles. The van der Waals surface area contributed by atoms with Gasteiger partial charge in [0.2, 0.25) is 0 Å². The first-order chi connectivity index (χ1) is 13.0. The van der Waals surface area contributed by atoms with Crippen molar-refractivity contribution in [3.05, 3.63) is 65.7 Å². The Balaban J connectivity index is 1.90. The molecule has 2 aromatic rings. The SMILES string of the molecule is CCOc1ccc(/C=C/C(=O)O[C@H](C)C(=O)Nc2ccccc2C#N)cc1. The molecule has 0 saturated carbocycles. The minimum absolute atomic E-state index is 0.333. The number of benzene rings is 2. The van der Waals surface area contributed by atoms with Crippen LogP contribution in [0.1, 0.15) is 25.0 Å². The van der Waals surface area contributed by atoms with Crippen molar-refractivity contribution in [3.8, 4) is 11.8 Å². The van der Waals surface area contributed by atoms with E-state index in [4.69, 9.17) is 14.7 Å². The maximum Gasteiger partial charge on any atom is 0.331 e. The normalized spacial score (nSPS) is 11.4. The third kappa shape index (κ3) is 6.01. The predicted octanol–water partition coefficient (Wildman–Crippen LogP) is 3.54. The van der Waals surface area contributed by atoms with Gasteiger partial charge in [-0.25, -0.2) is 4.79 Å². The molecule has 0 fully saturated rings. The Morgan fingerprint density at radius 2 is 1.89 bits per heavy atom. The van der Waals surface area contributed by atoms with E-state index < -0.39 is 18.0 Å². The molecular formula is C21H20N2O4. The van der Waals surface area contributed by atoms with E-state index in [1.54, 1.807) is 42.5 Å². The minimum Gasteiger partial charge on any atom is -0.494 e. The second-order valence-electron chi connectivity index (χ2n) is 5.56. The molecule has 2 aromatic carbocycles. The summed E-state index contributed by atoms with van der Waals surface area (Å²) in [6.07, 6.45) is 1.84. The molecule has 1 amide bonds. The lowest BCUT2D eigenvalue weighted by atomic mass is 10.2. The van der Waals surface area contributed by atoms with Crippen LogP contribution >= 0.6 is 0 Å². The van der Waals surface area contributed by atoms with Crippen molar-refractivity contribution in [3.63, 3.8) is 0 Å². The van der Waals surface area contributed by atoms with Crippen LogP contribution in [0, 0.1) is 11.3 Å². The molecule has 2 rings (SSSR count). The van der Waals surface area contributed by atoms with Gasteiger partial charge in [0.25, 0.3) is 5.91 Å². The van der Waals surface area contributed by atoms with Crippen LogP contribution in [-0.4, -0.2) is 24.6 Å². The van der Waals surface area contributed by atoms with Crippen molar-refractivity contribution in [2.45, 2.75) is 20.0 Å². The van der Waals surface area contributed by atoms with E-state index in [2.05, 4.69) is 5.32 Å². The number of carbonyl (C=O) groups excluding carboxylic acids is 2. The summed E-state index contributed by atoms with van der Waals surface area (Å²) in [6.45, 7) is 3.95. The van der Waals surface area contributed by atoms with Gasteiger partial charge in [-0.2, -0.15) is 5.26 Å². The molecule has 0 unspecified atom stereocenters. The molecule has 0 heterocycles. The Bertz CT molecular complexity index is 866. The van der Waals surface area contributed by atoms with Crippen LogP contribution in [0.5, 0.6) is 5.75 Å². The summed E-state index contributed by atoms with van der Waals surface area (Å²) in [4.78, 5) is 24.1. The number of anilines is 1. The van der Waals surface area contributed by atoms with Crippen LogP contribution in [-0.2, 0) is 14.3 Å². The van der Waals surface area contributed by atoms with Gasteiger partial charge < -0.3 is 14.8 Å². The first-order valence-electron chi connectivity index (χ1n) is 8.45. The van der Waals surface area contributed by atoms with Crippen molar-refractivity contribution < 1.29 is 19.1 Å². The number of hydrogen-bond donors (Lipinski definition) is 1. The highest BCUT2D eigenvalue weighted by atomic mass is 16.5. The quantitative estimate of drug-likeness (QED) is 0.600. The predicted molar refractivity (Wildman–Crippen MR) is 102 cm³/mol. The monoisotopic (exact) mass is 364 g/mol. The molecule has 1 N–H and O–H groups in total. The van der Waals surface area contributed by atoms with E-state index in [-0.39, 0.29) is 0 Å². The summed E-state index contributed by atoms with van der Waals surface area (Å²) in [7, 11) is 0. The van der Waals surface area contributed by atoms with Crippen molar-refractivity contribution in [1.29, 1.82) is 5.26 Å². The highest BCUT2D eigenvalue weighted by Gasteiger charge is 2.17. The van der Waals surface area contributed by atoms with E-state index in [0.717, 1.165) is 11.3 Å². The Labute approximate surface area is 158 Å². The summed E-state index contributed by atoms with van der Waals surface area (Å²) in [5.74, 6) is -0.402. The Morgan fingerprint density at radius 3 is 2.56 bits per heavy atom. The number of esters is 1. The first kappa shape index (κ1) is 19.7.